The Hall–Kier alpha value is -8.98. The first-order valence-corrected chi connectivity index (χ1v) is 24.8. The Balaban J connectivity index is 0.993. The van der Waals surface area contributed by atoms with Crippen LogP contribution in [0.4, 0.5) is 17.1 Å². The van der Waals surface area contributed by atoms with Gasteiger partial charge in [0.25, 0.3) is 0 Å². The molecule has 0 amide bonds. The molecule has 0 saturated carbocycles. The van der Waals surface area contributed by atoms with E-state index in [1.807, 2.05) is 0 Å². The first kappa shape index (κ1) is 42.1. The molecule has 1 aliphatic rings. The van der Waals surface area contributed by atoms with Crippen LogP contribution in [0.15, 0.2) is 267 Å². The Labute approximate surface area is 415 Å². The molecule has 12 aromatic rings. The highest BCUT2D eigenvalue weighted by atomic mass is 15.1. The third-order valence-electron chi connectivity index (χ3n) is 14.4. The zero-order chi connectivity index (χ0) is 47.3. The van der Waals surface area contributed by atoms with E-state index < -0.39 is 0 Å². The van der Waals surface area contributed by atoms with Crippen molar-refractivity contribution < 1.29 is 0 Å². The van der Waals surface area contributed by atoms with E-state index in [4.69, 9.17) is 0 Å². The smallest absolute Gasteiger partial charge is 0.0553 e. The molecule has 1 aromatic heterocycles. The summed E-state index contributed by atoms with van der Waals surface area (Å²) in [5, 5.41) is 7.41. The van der Waals surface area contributed by atoms with Crippen LogP contribution in [-0.4, -0.2) is 4.57 Å². The molecule has 11 aromatic carbocycles. The standard InChI is InChI=1S/C69H50N2/c1-47-15-13-21-54(41-47)52-29-27-50(28-30-52)51-33-36-60(37-34-51)70(62-38-40-64-57(43-62)32-31-53-20-11-12-26-63(53)64)61-25-14-22-56(42-61)66-44-58(49-18-7-3-8-19-49)46-68-69(66)65-39-35-55(48-16-5-2-6-17-48)45-67(65)71(68)59-23-9-4-10-24-59/h2-14,16-47H,15H2,1H3. The van der Waals surface area contributed by atoms with Gasteiger partial charge in [-0.3, -0.25) is 0 Å². The predicted molar refractivity (Wildman–Crippen MR) is 303 cm³/mol. The van der Waals surface area contributed by atoms with Crippen LogP contribution in [0.1, 0.15) is 18.9 Å². The Morgan fingerprint density at radius 2 is 0.944 bits per heavy atom. The lowest BCUT2D eigenvalue weighted by Gasteiger charge is -2.27. The van der Waals surface area contributed by atoms with E-state index in [9.17, 15) is 0 Å². The van der Waals surface area contributed by atoms with Gasteiger partial charge >= 0.3 is 0 Å². The van der Waals surface area contributed by atoms with Crippen molar-refractivity contribution >= 4 is 66.0 Å². The fraction of sp³-hybridized carbons (Fsp3) is 0.0435. The number of nitrogens with zero attached hydrogens (tertiary/aromatic N) is 2. The molecule has 71 heavy (non-hydrogen) atoms. The fourth-order valence-corrected chi connectivity index (χ4v) is 10.9. The fourth-order valence-electron chi connectivity index (χ4n) is 10.9. The molecule has 336 valence electrons. The summed E-state index contributed by atoms with van der Waals surface area (Å²) in [4.78, 5) is 2.42. The molecule has 0 bridgehead atoms. The minimum Gasteiger partial charge on any atom is -0.310 e. The minimum absolute atomic E-state index is 0.559. The third kappa shape index (κ3) is 7.81. The number of fused-ring (bicyclic) bond motifs is 6. The number of hydrogen-bond donors (Lipinski definition) is 0. The second-order valence-corrected chi connectivity index (χ2v) is 19.0. The van der Waals surface area contributed by atoms with Crippen molar-refractivity contribution in [2.24, 2.45) is 5.92 Å². The lowest BCUT2D eigenvalue weighted by atomic mass is 9.92. The van der Waals surface area contributed by atoms with Crippen LogP contribution < -0.4 is 4.90 Å². The number of benzene rings is 11. The van der Waals surface area contributed by atoms with Crippen molar-refractivity contribution in [1.29, 1.82) is 0 Å². The molecule has 2 heteroatoms. The highest BCUT2D eigenvalue weighted by Gasteiger charge is 2.21. The van der Waals surface area contributed by atoms with Gasteiger partial charge in [-0.1, -0.05) is 207 Å². The molecule has 2 nitrogen and oxygen atoms in total. The number of rotatable bonds is 9. The van der Waals surface area contributed by atoms with E-state index in [0.29, 0.717) is 5.92 Å². The summed E-state index contributed by atoms with van der Waals surface area (Å²) in [6, 6.07) is 91.6. The first-order chi connectivity index (χ1) is 35.1. The Bertz CT molecular complexity index is 3990. The summed E-state index contributed by atoms with van der Waals surface area (Å²) in [5.74, 6) is 0.559. The normalized spacial score (nSPS) is 13.5. The average Bonchev–Trinajstić information content (AvgIpc) is 3.78. The molecule has 1 aliphatic carbocycles. The second-order valence-electron chi connectivity index (χ2n) is 19.0. The summed E-state index contributed by atoms with van der Waals surface area (Å²) in [5.41, 5.74) is 18.8. The molecule has 0 spiro atoms. The molecular formula is C69H50N2. The molecular weight excluding hydrogens is 857 g/mol. The van der Waals surface area contributed by atoms with Crippen LogP contribution in [0.25, 0.3) is 99.1 Å². The monoisotopic (exact) mass is 906 g/mol. The van der Waals surface area contributed by atoms with Gasteiger partial charge in [-0.2, -0.15) is 0 Å². The van der Waals surface area contributed by atoms with Gasteiger partial charge in [-0.25, -0.2) is 0 Å². The highest BCUT2D eigenvalue weighted by Crippen LogP contribution is 2.45. The summed E-state index contributed by atoms with van der Waals surface area (Å²) in [7, 11) is 0. The first-order valence-electron chi connectivity index (χ1n) is 24.8. The quantitative estimate of drug-likeness (QED) is 0.131. The molecule has 0 aliphatic heterocycles. The third-order valence-corrected chi connectivity index (χ3v) is 14.4. The van der Waals surface area contributed by atoms with Crippen molar-refractivity contribution in [2.45, 2.75) is 13.3 Å². The molecule has 1 atom stereocenters. The minimum atomic E-state index is 0.559. The maximum absolute atomic E-state index is 2.46. The van der Waals surface area contributed by atoms with Crippen molar-refractivity contribution in [2.75, 3.05) is 4.90 Å². The van der Waals surface area contributed by atoms with Crippen LogP contribution in [0, 0.1) is 5.92 Å². The van der Waals surface area contributed by atoms with Crippen LogP contribution in [0.5, 0.6) is 0 Å². The van der Waals surface area contributed by atoms with E-state index in [-0.39, 0.29) is 0 Å². The summed E-state index contributed by atoms with van der Waals surface area (Å²) < 4.78 is 2.46. The van der Waals surface area contributed by atoms with E-state index in [0.717, 1.165) is 34.7 Å². The number of para-hydroxylation sites is 1. The van der Waals surface area contributed by atoms with Crippen molar-refractivity contribution in [1.82, 2.24) is 4.57 Å². The zero-order valence-corrected chi connectivity index (χ0v) is 39.6. The Morgan fingerprint density at radius 1 is 0.380 bits per heavy atom. The van der Waals surface area contributed by atoms with Crippen molar-refractivity contribution in [3.63, 3.8) is 0 Å². The lowest BCUT2D eigenvalue weighted by Crippen LogP contribution is -2.10. The van der Waals surface area contributed by atoms with Gasteiger partial charge < -0.3 is 9.47 Å². The summed E-state index contributed by atoms with van der Waals surface area (Å²) in [6.07, 6.45) is 8.04. The average molecular weight is 907 g/mol. The van der Waals surface area contributed by atoms with Gasteiger partial charge in [0.2, 0.25) is 0 Å². The van der Waals surface area contributed by atoms with Crippen LogP contribution >= 0.6 is 0 Å². The topological polar surface area (TPSA) is 8.17 Å². The van der Waals surface area contributed by atoms with E-state index in [2.05, 4.69) is 283 Å². The maximum atomic E-state index is 2.46. The molecule has 1 heterocycles. The van der Waals surface area contributed by atoms with Gasteiger partial charge in [-0.05, 0) is 156 Å². The summed E-state index contributed by atoms with van der Waals surface area (Å²) in [6.45, 7) is 2.29. The van der Waals surface area contributed by atoms with Crippen LogP contribution in [-0.2, 0) is 0 Å². The highest BCUT2D eigenvalue weighted by molar-refractivity contribution is 6.18. The Morgan fingerprint density at radius 3 is 1.70 bits per heavy atom. The predicted octanol–water partition coefficient (Wildman–Crippen LogP) is 19.2. The zero-order valence-electron chi connectivity index (χ0n) is 39.6. The molecule has 0 saturated heterocycles. The van der Waals surface area contributed by atoms with Gasteiger partial charge in [-0.15, -0.1) is 0 Å². The number of allylic oxidation sites excluding steroid dienone is 4. The van der Waals surface area contributed by atoms with E-state index in [1.165, 1.54) is 93.4 Å². The number of aromatic nitrogens is 1. The van der Waals surface area contributed by atoms with Gasteiger partial charge in [0.1, 0.15) is 0 Å². The van der Waals surface area contributed by atoms with E-state index in [1.54, 1.807) is 0 Å². The SMILES string of the molecule is CC1C=C(c2ccc(-c3ccc(N(c4cccc(-c5cc(-c6ccccc6)cc6c5c5ccc(-c7ccccc7)cc5n6-c5ccccc5)c4)c4ccc5c(ccc6ccccc65)c4)cc3)cc2)C=CC1. The summed E-state index contributed by atoms with van der Waals surface area (Å²) >= 11 is 0. The van der Waals surface area contributed by atoms with Gasteiger partial charge in [0.05, 0.1) is 11.0 Å². The maximum Gasteiger partial charge on any atom is 0.0553 e. The molecule has 0 N–H and O–H groups in total. The van der Waals surface area contributed by atoms with Crippen molar-refractivity contribution in [3.8, 4) is 50.2 Å². The van der Waals surface area contributed by atoms with Gasteiger partial charge in [0.15, 0.2) is 0 Å². The van der Waals surface area contributed by atoms with Crippen LogP contribution in [0.3, 0.4) is 0 Å². The Kier molecular flexibility index (Phi) is 10.6. The van der Waals surface area contributed by atoms with Crippen LogP contribution in [0.2, 0.25) is 0 Å². The van der Waals surface area contributed by atoms with Crippen molar-refractivity contribution in [3.05, 3.63) is 273 Å². The number of hydrogen-bond acceptors (Lipinski definition) is 1. The molecule has 0 radical (unpaired) electrons. The van der Waals surface area contributed by atoms with E-state index >= 15 is 0 Å². The number of anilines is 3. The molecule has 1 unspecified atom stereocenters. The molecule has 13 rings (SSSR count). The van der Waals surface area contributed by atoms with Gasteiger partial charge in [0, 0.05) is 33.5 Å². The molecule has 0 fully saturated rings. The lowest BCUT2D eigenvalue weighted by molar-refractivity contribution is 0.740. The largest absolute Gasteiger partial charge is 0.310 e. The second kappa shape index (κ2) is 17.8.